The maximum Gasteiger partial charge on any atom is 0.137 e. The van der Waals surface area contributed by atoms with Crippen LogP contribution in [0.15, 0.2) is 12.1 Å². The van der Waals surface area contributed by atoms with Crippen molar-refractivity contribution in [3.63, 3.8) is 0 Å². The lowest BCUT2D eigenvalue weighted by atomic mass is 9.95. The predicted octanol–water partition coefficient (Wildman–Crippen LogP) is 3.75. The van der Waals surface area contributed by atoms with Crippen LogP contribution in [0.4, 0.5) is 0 Å². The fourth-order valence-corrected chi connectivity index (χ4v) is 1.88. The Kier molecular flexibility index (Phi) is 4.64. The van der Waals surface area contributed by atoms with E-state index in [9.17, 15) is 0 Å². The summed E-state index contributed by atoms with van der Waals surface area (Å²) in [5.41, 5.74) is 2.24. The van der Waals surface area contributed by atoms with E-state index in [1.54, 1.807) is 7.11 Å². The van der Waals surface area contributed by atoms with Gasteiger partial charge in [-0.3, -0.25) is 0 Å². The number of aryl methyl sites for hydroxylation is 1. The van der Waals surface area contributed by atoms with Crippen LogP contribution in [0.3, 0.4) is 0 Å². The Morgan fingerprint density at radius 1 is 1.50 bits per heavy atom. The van der Waals surface area contributed by atoms with Crippen molar-refractivity contribution < 1.29 is 4.74 Å². The molecule has 0 aliphatic rings. The molecule has 1 aromatic carbocycles. The molecule has 0 aromatic heterocycles. The second-order valence-electron chi connectivity index (χ2n) is 3.85. The van der Waals surface area contributed by atoms with E-state index in [-0.39, 0.29) is 5.92 Å². The number of ether oxygens (including phenoxy) is 1. The van der Waals surface area contributed by atoms with Gasteiger partial charge in [0, 0.05) is 0 Å². The summed E-state index contributed by atoms with van der Waals surface area (Å²) in [6.07, 6.45) is 1.61. The summed E-state index contributed by atoms with van der Waals surface area (Å²) in [6.45, 7) is 4.03. The van der Waals surface area contributed by atoms with E-state index in [2.05, 4.69) is 6.07 Å². The number of rotatable bonds is 4. The van der Waals surface area contributed by atoms with Crippen molar-refractivity contribution in [2.45, 2.75) is 26.7 Å². The van der Waals surface area contributed by atoms with Crippen molar-refractivity contribution in [2.75, 3.05) is 7.11 Å². The number of hydrogen-bond acceptors (Lipinski definition) is 2. The van der Waals surface area contributed by atoms with Gasteiger partial charge in [0.2, 0.25) is 0 Å². The SMILES string of the molecule is CCC(C#N)Cc1cc(Cl)c(OC)cc1C. The maximum atomic E-state index is 8.94. The van der Waals surface area contributed by atoms with Gasteiger partial charge in [0.1, 0.15) is 5.75 Å². The second-order valence-corrected chi connectivity index (χ2v) is 4.26. The minimum Gasteiger partial charge on any atom is -0.495 e. The van der Waals surface area contributed by atoms with Crippen molar-refractivity contribution in [1.29, 1.82) is 5.26 Å². The minimum absolute atomic E-state index is 0.0585. The van der Waals surface area contributed by atoms with Crippen molar-refractivity contribution in [2.24, 2.45) is 5.92 Å². The van der Waals surface area contributed by atoms with Crippen LogP contribution >= 0.6 is 11.6 Å². The zero-order valence-corrected chi connectivity index (χ0v) is 10.6. The molecule has 0 aliphatic heterocycles. The summed E-state index contributed by atoms with van der Waals surface area (Å²) in [5.74, 6) is 0.746. The number of hydrogen-bond donors (Lipinski definition) is 0. The number of halogens is 1. The van der Waals surface area contributed by atoms with E-state index in [0.29, 0.717) is 10.8 Å². The molecule has 0 saturated heterocycles. The summed E-state index contributed by atoms with van der Waals surface area (Å²) >= 11 is 6.06. The molecule has 1 unspecified atom stereocenters. The number of nitriles is 1. The molecule has 0 spiro atoms. The summed E-state index contributed by atoms with van der Waals surface area (Å²) in [7, 11) is 1.60. The lowest BCUT2D eigenvalue weighted by Gasteiger charge is -2.12. The van der Waals surface area contributed by atoms with E-state index >= 15 is 0 Å². The quantitative estimate of drug-likeness (QED) is 0.799. The van der Waals surface area contributed by atoms with Gasteiger partial charge in [-0.1, -0.05) is 18.5 Å². The van der Waals surface area contributed by atoms with Gasteiger partial charge in [-0.25, -0.2) is 0 Å². The van der Waals surface area contributed by atoms with Gasteiger partial charge in [0.15, 0.2) is 0 Å². The van der Waals surface area contributed by atoms with Crippen LogP contribution in [0.1, 0.15) is 24.5 Å². The smallest absolute Gasteiger partial charge is 0.137 e. The zero-order valence-electron chi connectivity index (χ0n) is 9.88. The van der Waals surface area contributed by atoms with Crippen LogP contribution in [0.25, 0.3) is 0 Å². The highest BCUT2D eigenvalue weighted by atomic mass is 35.5. The lowest BCUT2D eigenvalue weighted by Crippen LogP contribution is -2.02. The van der Waals surface area contributed by atoms with Crippen molar-refractivity contribution in [3.8, 4) is 11.8 Å². The third-order valence-corrected chi connectivity index (χ3v) is 3.05. The van der Waals surface area contributed by atoms with Gasteiger partial charge < -0.3 is 4.74 Å². The van der Waals surface area contributed by atoms with Gasteiger partial charge in [0.25, 0.3) is 0 Å². The van der Waals surface area contributed by atoms with Crippen molar-refractivity contribution in [1.82, 2.24) is 0 Å². The molecule has 2 nitrogen and oxygen atoms in total. The van der Waals surface area contributed by atoms with Gasteiger partial charge in [0.05, 0.1) is 24.1 Å². The molecule has 0 amide bonds. The van der Waals surface area contributed by atoms with Crippen LogP contribution in [0, 0.1) is 24.2 Å². The average Bonchev–Trinajstić information content (AvgIpc) is 2.29. The number of benzene rings is 1. The Hall–Kier alpha value is -1.20. The fourth-order valence-electron chi connectivity index (χ4n) is 1.62. The molecule has 1 aromatic rings. The average molecular weight is 238 g/mol. The summed E-state index contributed by atoms with van der Waals surface area (Å²) in [6, 6.07) is 6.12. The van der Waals surface area contributed by atoms with Crippen LogP contribution in [-0.4, -0.2) is 7.11 Å². The normalized spacial score (nSPS) is 11.9. The topological polar surface area (TPSA) is 33.0 Å². The summed E-state index contributed by atoms with van der Waals surface area (Å²) in [5, 5.41) is 9.55. The Bertz CT molecular complexity index is 409. The molecule has 86 valence electrons. The zero-order chi connectivity index (χ0) is 12.1. The first-order valence-electron chi connectivity index (χ1n) is 5.35. The van der Waals surface area contributed by atoms with E-state index in [0.717, 1.165) is 24.0 Å². The lowest BCUT2D eigenvalue weighted by molar-refractivity contribution is 0.414. The first-order valence-corrected chi connectivity index (χ1v) is 5.72. The molecule has 0 aliphatic carbocycles. The van der Waals surface area contributed by atoms with E-state index in [1.165, 1.54) is 0 Å². The largest absolute Gasteiger partial charge is 0.495 e. The molecular weight excluding hydrogens is 222 g/mol. The molecule has 0 heterocycles. The molecular formula is C13H16ClNO. The van der Waals surface area contributed by atoms with Crippen molar-refractivity contribution >= 4 is 11.6 Å². The third-order valence-electron chi connectivity index (χ3n) is 2.75. The number of nitrogens with zero attached hydrogens (tertiary/aromatic N) is 1. The maximum absolute atomic E-state index is 8.94. The monoisotopic (exact) mass is 237 g/mol. The fraction of sp³-hybridized carbons (Fsp3) is 0.462. The van der Waals surface area contributed by atoms with Crippen LogP contribution < -0.4 is 4.74 Å². The Labute approximate surface area is 102 Å². The van der Waals surface area contributed by atoms with E-state index in [1.807, 2.05) is 26.0 Å². The van der Waals surface area contributed by atoms with E-state index in [4.69, 9.17) is 21.6 Å². The molecule has 0 bridgehead atoms. The first-order chi connectivity index (χ1) is 7.62. The highest BCUT2D eigenvalue weighted by Gasteiger charge is 2.11. The third kappa shape index (κ3) is 2.90. The van der Waals surface area contributed by atoms with Gasteiger partial charge in [-0.2, -0.15) is 5.26 Å². The highest BCUT2D eigenvalue weighted by molar-refractivity contribution is 6.32. The molecule has 3 heteroatoms. The van der Waals surface area contributed by atoms with E-state index < -0.39 is 0 Å². The summed E-state index contributed by atoms with van der Waals surface area (Å²) < 4.78 is 5.14. The molecule has 1 atom stereocenters. The van der Waals surface area contributed by atoms with Crippen LogP contribution in [-0.2, 0) is 6.42 Å². The van der Waals surface area contributed by atoms with Gasteiger partial charge in [-0.15, -0.1) is 0 Å². The molecule has 0 saturated carbocycles. The molecule has 0 N–H and O–H groups in total. The Balaban J connectivity index is 2.98. The highest BCUT2D eigenvalue weighted by Crippen LogP contribution is 2.29. The second kappa shape index (κ2) is 5.77. The molecule has 0 fully saturated rings. The minimum atomic E-state index is 0.0585. The number of methoxy groups -OCH3 is 1. The summed E-state index contributed by atoms with van der Waals surface area (Å²) in [4.78, 5) is 0. The molecule has 1 rings (SSSR count). The Morgan fingerprint density at radius 2 is 2.19 bits per heavy atom. The van der Waals surface area contributed by atoms with Gasteiger partial charge in [-0.05, 0) is 43.0 Å². The molecule has 0 radical (unpaired) electrons. The van der Waals surface area contributed by atoms with Crippen LogP contribution in [0.5, 0.6) is 5.75 Å². The predicted molar refractivity (Wildman–Crippen MR) is 65.8 cm³/mol. The van der Waals surface area contributed by atoms with Crippen molar-refractivity contribution in [3.05, 3.63) is 28.3 Å². The van der Waals surface area contributed by atoms with Gasteiger partial charge >= 0.3 is 0 Å². The van der Waals surface area contributed by atoms with Crippen LogP contribution in [0.2, 0.25) is 5.02 Å². The standard InChI is InChI=1S/C13H16ClNO/c1-4-10(8-15)6-11-7-12(14)13(16-3)5-9(11)2/h5,7,10H,4,6H2,1-3H3. The first kappa shape index (κ1) is 12.9. The Morgan fingerprint density at radius 3 is 2.69 bits per heavy atom. The molecule has 16 heavy (non-hydrogen) atoms.